The highest BCUT2D eigenvalue weighted by Gasteiger charge is 2.21. The van der Waals surface area contributed by atoms with E-state index in [1.807, 2.05) is 0 Å². The van der Waals surface area contributed by atoms with Gasteiger partial charge in [-0.1, -0.05) is 24.4 Å². The van der Waals surface area contributed by atoms with Crippen molar-refractivity contribution in [3.05, 3.63) is 40.0 Å². The van der Waals surface area contributed by atoms with Crippen LogP contribution in [0.15, 0.2) is 24.0 Å². The number of carbonyl (C=O) groups excluding carboxylic acids is 2. The fourth-order valence-electron chi connectivity index (χ4n) is 3.30. The summed E-state index contributed by atoms with van der Waals surface area (Å²) in [6.07, 6.45) is 7.60. The number of aromatic nitrogens is 3. The first-order valence-corrected chi connectivity index (χ1v) is 12.1. The van der Waals surface area contributed by atoms with Crippen molar-refractivity contribution in [1.29, 1.82) is 0 Å². The van der Waals surface area contributed by atoms with Gasteiger partial charge in [-0.25, -0.2) is 19.7 Å². The molecule has 0 radical (unpaired) electrons. The molecule has 0 atom stereocenters. The summed E-state index contributed by atoms with van der Waals surface area (Å²) in [7, 11) is 0. The summed E-state index contributed by atoms with van der Waals surface area (Å²) < 4.78 is 5.02. The van der Waals surface area contributed by atoms with Crippen molar-refractivity contribution in [3.63, 3.8) is 0 Å². The Morgan fingerprint density at radius 2 is 2.13 bits per heavy atom. The summed E-state index contributed by atoms with van der Waals surface area (Å²) in [6.45, 7) is 5.40. The molecule has 0 saturated heterocycles. The first kappa shape index (κ1) is 21.0. The van der Waals surface area contributed by atoms with Crippen molar-refractivity contribution < 1.29 is 14.3 Å². The van der Waals surface area contributed by atoms with Gasteiger partial charge in [0.25, 0.3) is 0 Å². The minimum atomic E-state index is -0.524. The fourth-order valence-corrected chi connectivity index (χ4v) is 6.24. The van der Waals surface area contributed by atoms with Crippen LogP contribution in [0.5, 0.6) is 0 Å². The standard InChI is InChI=1S/C20H20N4O3S3/c1-3-8-27-19(26)16-11(2)29-20(24-16)23-14(25)9-28-17-15-12-6-4-5-7-13(12)30-18(15)22-10-21-17/h3,10H,1,4-9H2,2H3,(H,23,24,25). The monoisotopic (exact) mass is 460 g/mol. The SMILES string of the molecule is C=CCOC(=O)c1nc(NC(=O)CSc2ncnc3sc4c(c23)CCCC4)sc1C. The predicted octanol–water partition coefficient (Wildman–Crippen LogP) is 4.41. The Morgan fingerprint density at radius 3 is 2.97 bits per heavy atom. The maximum Gasteiger partial charge on any atom is 0.358 e. The van der Waals surface area contributed by atoms with E-state index in [2.05, 4.69) is 26.8 Å². The zero-order valence-electron chi connectivity index (χ0n) is 16.4. The number of thioether (sulfide) groups is 1. The van der Waals surface area contributed by atoms with Crippen LogP contribution in [0.3, 0.4) is 0 Å². The summed E-state index contributed by atoms with van der Waals surface area (Å²) in [6, 6.07) is 0. The lowest BCUT2D eigenvalue weighted by molar-refractivity contribution is -0.113. The second kappa shape index (κ2) is 9.23. The van der Waals surface area contributed by atoms with Crippen LogP contribution in [0.4, 0.5) is 5.13 Å². The van der Waals surface area contributed by atoms with E-state index in [0.717, 1.165) is 28.1 Å². The molecule has 156 valence electrons. The highest BCUT2D eigenvalue weighted by molar-refractivity contribution is 8.00. The van der Waals surface area contributed by atoms with E-state index in [1.165, 1.54) is 52.5 Å². The van der Waals surface area contributed by atoms with Crippen LogP contribution in [0.1, 0.15) is 38.6 Å². The van der Waals surface area contributed by atoms with Gasteiger partial charge in [0, 0.05) is 15.1 Å². The average Bonchev–Trinajstić information content (AvgIpc) is 3.30. The number of thiophene rings is 1. The second-order valence-corrected chi connectivity index (χ2v) is 9.97. The fraction of sp³-hybridized carbons (Fsp3) is 0.350. The summed E-state index contributed by atoms with van der Waals surface area (Å²) in [5.41, 5.74) is 1.56. The molecule has 0 fully saturated rings. The third-order valence-electron chi connectivity index (χ3n) is 4.63. The number of aryl methyl sites for hydroxylation is 3. The number of esters is 1. The number of nitrogens with one attached hydrogen (secondary N) is 1. The third kappa shape index (κ3) is 4.40. The van der Waals surface area contributed by atoms with Crippen molar-refractivity contribution in [2.45, 2.75) is 37.6 Å². The van der Waals surface area contributed by atoms with Crippen molar-refractivity contribution in [1.82, 2.24) is 15.0 Å². The van der Waals surface area contributed by atoms with Gasteiger partial charge in [-0.2, -0.15) is 0 Å². The highest BCUT2D eigenvalue weighted by Crippen LogP contribution is 2.39. The van der Waals surface area contributed by atoms with Gasteiger partial charge in [-0.3, -0.25) is 4.79 Å². The molecule has 0 saturated carbocycles. The summed E-state index contributed by atoms with van der Waals surface area (Å²) in [5, 5.41) is 5.10. The Bertz CT molecular complexity index is 1120. The molecule has 1 aliphatic rings. The first-order chi connectivity index (χ1) is 14.6. The number of ether oxygens (including phenoxy) is 1. The molecule has 30 heavy (non-hydrogen) atoms. The van der Waals surface area contributed by atoms with Crippen LogP contribution in [0, 0.1) is 6.92 Å². The molecular formula is C20H20N4O3S3. The smallest absolute Gasteiger partial charge is 0.358 e. The van der Waals surface area contributed by atoms with Crippen LogP contribution in [-0.4, -0.2) is 39.2 Å². The van der Waals surface area contributed by atoms with Crippen LogP contribution in [0.2, 0.25) is 0 Å². The van der Waals surface area contributed by atoms with E-state index in [0.29, 0.717) is 10.0 Å². The molecule has 4 rings (SSSR count). The van der Waals surface area contributed by atoms with Crippen molar-refractivity contribution in [2.75, 3.05) is 17.7 Å². The molecule has 10 heteroatoms. The molecule has 1 amide bonds. The molecule has 3 aromatic rings. The first-order valence-electron chi connectivity index (χ1n) is 9.50. The molecule has 0 spiro atoms. The molecule has 3 heterocycles. The normalized spacial score (nSPS) is 13.1. The Morgan fingerprint density at radius 1 is 1.30 bits per heavy atom. The zero-order valence-corrected chi connectivity index (χ0v) is 18.8. The Balaban J connectivity index is 1.43. The average molecular weight is 461 g/mol. The third-order valence-corrected chi connectivity index (χ3v) is 7.70. The maximum absolute atomic E-state index is 12.5. The topological polar surface area (TPSA) is 94.1 Å². The number of amides is 1. The number of anilines is 1. The van der Waals surface area contributed by atoms with Gasteiger partial charge in [-0.15, -0.1) is 22.7 Å². The Labute approximate surface area is 186 Å². The summed E-state index contributed by atoms with van der Waals surface area (Å²) in [4.78, 5) is 40.6. The maximum atomic E-state index is 12.5. The summed E-state index contributed by atoms with van der Waals surface area (Å²) >= 11 is 4.39. The number of fused-ring (bicyclic) bond motifs is 3. The van der Waals surface area contributed by atoms with Gasteiger partial charge >= 0.3 is 5.97 Å². The van der Waals surface area contributed by atoms with Crippen LogP contribution in [0.25, 0.3) is 10.2 Å². The minimum absolute atomic E-state index is 0.119. The predicted molar refractivity (Wildman–Crippen MR) is 121 cm³/mol. The second-order valence-electron chi connectivity index (χ2n) is 6.72. The molecule has 3 aromatic heterocycles. The molecule has 0 aliphatic heterocycles. The van der Waals surface area contributed by atoms with Crippen molar-refractivity contribution >= 4 is 61.7 Å². The zero-order chi connectivity index (χ0) is 21.1. The lowest BCUT2D eigenvalue weighted by Gasteiger charge is -2.11. The van der Waals surface area contributed by atoms with Crippen molar-refractivity contribution in [2.24, 2.45) is 0 Å². The van der Waals surface area contributed by atoms with Crippen LogP contribution in [-0.2, 0) is 22.4 Å². The van der Waals surface area contributed by atoms with E-state index in [-0.39, 0.29) is 24.0 Å². The van der Waals surface area contributed by atoms with E-state index < -0.39 is 5.97 Å². The Kier molecular flexibility index (Phi) is 6.45. The van der Waals surface area contributed by atoms with E-state index in [1.54, 1.807) is 24.6 Å². The van der Waals surface area contributed by atoms with Gasteiger partial charge in [-0.05, 0) is 38.2 Å². The number of thiazole rings is 1. The lowest BCUT2D eigenvalue weighted by Crippen LogP contribution is -2.14. The van der Waals surface area contributed by atoms with E-state index in [9.17, 15) is 9.59 Å². The molecule has 0 bridgehead atoms. The van der Waals surface area contributed by atoms with Gasteiger partial charge in [0.2, 0.25) is 5.91 Å². The largest absolute Gasteiger partial charge is 0.457 e. The van der Waals surface area contributed by atoms with Gasteiger partial charge in [0.15, 0.2) is 10.8 Å². The van der Waals surface area contributed by atoms with Crippen LogP contribution >= 0.6 is 34.4 Å². The molecule has 7 nitrogen and oxygen atoms in total. The molecule has 1 N–H and O–H groups in total. The molecule has 0 unspecified atom stereocenters. The lowest BCUT2D eigenvalue weighted by atomic mass is 9.97. The number of nitrogens with zero attached hydrogens (tertiary/aromatic N) is 3. The van der Waals surface area contributed by atoms with Gasteiger partial charge in [0.1, 0.15) is 22.8 Å². The molecular weight excluding hydrogens is 440 g/mol. The number of hydrogen-bond donors (Lipinski definition) is 1. The molecule has 1 aliphatic carbocycles. The van der Waals surface area contributed by atoms with E-state index in [4.69, 9.17) is 4.74 Å². The van der Waals surface area contributed by atoms with Gasteiger partial charge in [0.05, 0.1) is 5.75 Å². The molecule has 0 aromatic carbocycles. The quantitative estimate of drug-likeness (QED) is 0.242. The Hall–Kier alpha value is -2.30. The number of rotatable bonds is 7. The summed E-state index contributed by atoms with van der Waals surface area (Å²) in [5.74, 6) is -0.522. The van der Waals surface area contributed by atoms with Gasteiger partial charge < -0.3 is 10.1 Å². The number of hydrogen-bond acceptors (Lipinski definition) is 9. The van der Waals surface area contributed by atoms with E-state index >= 15 is 0 Å². The minimum Gasteiger partial charge on any atom is -0.457 e. The van der Waals surface area contributed by atoms with Crippen LogP contribution < -0.4 is 5.32 Å². The van der Waals surface area contributed by atoms with Crippen molar-refractivity contribution in [3.8, 4) is 0 Å². The highest BCUT2D eigenvalue weighted by atomic mass is 32.2. The number of carbonyl (C=O) groups is 2.